The van der Waals surface area contributed by atoms with Crippen LogP contribution in [0.1, 0.15) is 73.6 Å². The number of aromatic nitrogens is 4. The third-order valence-corrected chi connectivity index (χ3v) is 6.54. The molecule has 4 heterocycles. The monoisotopic (exact) mass is 504 g/mol. The van der Waals surface area contributed by atoms with Crippen molar-refractivity contribution in [2.45, 2.75) is 65.7 Å². The Morgan fingerprint density at radius 3 is 2.68 bits per heavy atom. The highest BCUT2D eigenvalue weighted by atomic mass is 19.1. The van der Waals surface area contributed by atoms with Crippen molar-refractivity contribution < 1.29 is 18.7 Å². The van der Waals surface area contributed by atoms with Crippen molar-refractivity contribution in [3.8, 4) is 11.8 Å². The van der Waals surface area contributed by atoms with Gasteiger partial charge in [-0.2, -0.15) is 10.4 Å². The lowest BCUT2D eigenvalue weighted by molar-refractivity contribution is -0.0367. The Balaban J connectivity index is 1.86. The molecule has 37 heavy (non-hydrogen) atoms. The average molecular weight is 505 g/mol. The lowest BCUT2D eigenvalue weighted by Gasteiger charge is -2.24. The van der Waals surface area contributed by atoms with Crippen molar-refractivity contribution in [1.29, 1.82) is 5.26 Å². The zero-order valence-corrected chi connectivity index (χ0v) is 21.6. The minimum absolute atomic E-state index is 0.0322. The van der Waals surface area contributed by atoms with Crippen molar-refractivity contribution in [2.24, 2.45) is 0 Å². The number of hydrogen-bond acceptors (Lipinski definition) is 7. The van der Waals surface area contributed by atoms with Crippen LogP contribution in [0.2, 0.25) is 0 Å². The molecule has 10 heteroatoms. The lowest BCUT2D eigenvalue weighted by atomic mass is 10.1. The Morgan fingerprint density at radius 1 is 1.27 bits per heavy atom. The number of hydrogen-bond donors (Lipinski definition) is 1. The molecular weight excluding hydrogens is 475 g/mol. The number of halogens is 1. The summed E-state index contributed by atoms with van der Waals surface area (Å²) in [6.07, 6.45) is 4.05. The van der Waals surface area contributed by atoms with E-state index in [-0.39, 0.29) is 23.3 Å². The molecule has 192 valence electrons. The molecule has 3 aromatic heterocycles. The molecular formula is C27H29FN6O3. The Morgan fingerprint density at radius 2 is 2.03 bits per heavy atom. The van der Waals surface area contributed by atoms with Gasteiger partial charge in [-0.1, -0.05) is 0 Å². The molecule has 1 aliphatic rings. The number of benzene rings is 1. The number of ether oxygens (including phenoxy) is 2. The number of nitrogen functional groups attached to an aromatic ring is 1. The van der Waals surface area contributed by atoms with Gasteiger partial charge in [-0.15, -0.1) is 0 Å². The van der Waals surface area contributed by atoms with Crippen LogP contribution in [0.5, 0.6) is 0 Å². The number of carbonyl (C=O) groups is 1. The lowest BCUT2D eigenvalue weighted by Crippen LogP contribution is -2.24. The van der Waals surface area contributed by atoms with E-state index in [1.165, 1.54) is 10.6 Å². The zero-order valence-electron chi connectivity index (χ0n) is 21.6. The molecule has 5 rings (SSSR count). The van der Waals surface area contributed by atoms with Crippen LogP contribution in [-0.4, -0.2) is 37.5 Å². The van der Waals surface area contributed by atoms with Gasteiger partial charge in [-0.25, -0.2) is 18.9 Å². The Kier molecular flexibility index (Phi) is 5.91. The maximum atomic E-state index is 15.5. The highest BCUT2D eigenvalue weighted by Crippen LogP contribution is 2.40. The van der Waals surface area contributed by atoms with Crippen LogP contribution < -0.4 is 5.73 Å². The summed E-state index contributed by atoms with van der Waals surface area (Å²) in [5.41, 5.74) is 8.10. The fourth-order valence-electron chi connectivity index (χ4n) is 4.98. The maximum Gasteiger partial charge on any atom is 0.343 e. The van der Waals surface area contributed by atoms with Gasteiger partial charge in [0.15, 0.2) is 11.9 Å². The van der Waals surface area contributed by atoms with Crippen LogP contribution in [0.4, 0.5) is 10.2 Å². The fourth-order valence-corrected chi connectivity index (χ4v) is 4.98. The molecule has 0 bridgehead atoms. The zero-order chi connectivity index (χ0) is 26.6. The van der Waals surface area contributed by atoms with E-state index < -0.39 is 17.4 Å². The van der Waals surface area contributed by atoms with Gasteiger partial charge in [0, 0.05) is 34.7 Å². The molecule has 2 N–H and O–H groups in total. The highest BCUT2D eigenvalue weighted by molar-refractivity contribution is 6.12. The van der Waals surface area contributed by atoms with E-state index in [9.17, 15) is 10.1 Å². The average Bonchev–Trinajstić information content (AvgIpc) is 3.37. The van der Waals surface area contributed by atoms with Crippen molar-refractivity contribution in [2.75, 3.05) is 12.3 Å². The van der Waals surface area contributed by atoms with Gasteiger partial charge in [0.2, 0.25) is 0 Å². The minimum atomic E-state index is -0.777. The van der Waals surface area contributed by atoms with E-state index in [1.54, 1.807) is 51.6 Å². The number of pyridine rings is 1. The number of nitrogens with zero attached hydrogens (tertiary/aromatic N) is 5. The SMILES string of the molecule is Cc1cc2c(C(=O)OC(C)(C)C)c(N)n(-c3c(C)c(F)cc4c3cnn4C3CCCCO3)c2c(C#N)n1. The molecule has 9 nitrogen and oxygen atoms in total. The summed E-state index contributed by atoms with van der Waals surface area (Å²) in [6.45, 7) is 9.25. The van der Waals surface area contributed by atoms with Gasteiger partial charge in [0.05, 0.1) is 22.9 Å². The molecule has 0 saturated carbocycles. The van der Waals surface area contributed by atoms with E-state index in [1.807, 2.05) is 0 Å². The van der Waals surface area contributed by atoms with Gasteiger partial charge in [0.1, 0.15) is 28.9 Å². The fraction of sp³-hybridized carbons (Fsp3) is 0.407. The number of nitrogens with two attached hydrogens (primary N) is 1. The Labute approximate surface area is 213 Å². The summed E-state index contributed by atoms with van der Waals surface area (Å²) in [7, 11) is 0. The molecule has 1 saturated heterocycles. The molecule has 0 spiro atoms. The van der Waals surface area contributed by atoms with Crippen LogP contribution >= 0.6 is 0 Å². The first-order valence-corrected chi connectivity index (χ1v) is 12.2. The van der Waals surface area contributed by atoms with Gasteiger partial charge < -0.3 is 15.2 Å². The number of fused-ring (bicyclic) bond motifs is 2. The van der Waals surface area contributed by atoms with Gasteiger partial charge in [-0.3, -0.25) is 4.57 Å². The second-order valence-corrected chi connectivity index (χ2v) is 10.4. The predicted molar refractivity (Wildman–Crippen MR) is 137 cm³/mol. The van der Waals surface area contributed by atoms with Crippen LogP contribution in [0.15, 0.2) is 18.3 Å². The summed E-state index contributed by atoms with van der Waals surface area (Å²) in [5.74, 6) is -1.08. The molecule has 1 aromatic carbocycles. The standard InChI is InChI=1S/C27H29FN6O3/c1-14-10-16-22(26(35)37-27(3,4)5)25(30)33(24(16)19(12-29)32-14)23-15(2)18(28)11-20-17(23)13-31-34(20)21-8-6-7-9-36-21/h10-11,13,21H,6-9,30H2,1-5H3. The summed E-state index contributed by atoms with van der Waals surface area (Å²) >= 11 is 0. The molecule has 0 amide bonds. The Hall–Kier alpha value is -3.97. The van der Waals surface area contributed by atoms with Crippen LogP contribution in [0, 0.1) is 31.0 Å². The predicted octanol–water partition coefficient (Wildman–Crippen LogP) is 5.24. The largest absolute Gasteiger partial charge is 0.456 e. The summed E-state index contributed by atoms with van der Waals surface area (Å²) in [5, 5.41) is 15.5. The summed E-state index contributed by atoms with van der Waals surface area (Å²) in [4.78, 5) is 17.7. The smallest absolute Gasteiger partial charge is 0.343 e. The number of aryl methyl sites for hydroxylation is 1. The third-order valence-electron chi connectivity index (χ3n) is 6.54. The summed E-state index contributed by atoms with van der Waals surface area (Å²) in [6, 6.07) is 5.24. The highest BCUT2D eigenvalue weighted by Gasteiger charge is 2.31. The van der Waals surface area contributed by atoms with Gasteiger partial charge in [-0.05, 0) is 59.9 Å². The molecule has 1 unspecified atom stereocenters. The third kappa shape index (κ3) is 4.09. The molecule has 0 radical (unpaired) electrons. The molecule has 0 aliphatic carbocycles. The molecule has 1 atom stereocenters. The Bertz CT molecular complexity index is 1600. The van der Waals surface area contributed by atoms with Crippen LogP contribution in [0.25, 0.3) is 27.5 Å². The first-order valence-electron chi connectivity index (χ1n) is 12.2. The van der Waals surface area contributed by atoms with E-state index in [0.717, 1.165) is 19.3 Å². The van der Waals surface area contributed by atoms with Crippen LogP contribution in [-0.2, 0) is 9.47 Å². The topological polar surface area (TPSA) is 121 Å². The first kappa shape index (κ1) is 24.7. The minimum Gasteiger partial charge on any atom is -0.456 e. The second-order valence-electron chi connectivity index (χ2n) is 10.4. The summed E-state index contributed by atoms with van der Waals surface area (Å²) < 4.78 is 30.3. The molecule has 1 fully saturated rings. The van der Waals surface area contributed by atoms with E-state index >= 15 is 4.39 Å². The number of rotatable bonds is 3. The van der Waals surface area contributed by atoms with Crippen LogP contribution in [0.3, 0.4) is 0 Å². The van der Waals surface area contributed by atoms with Crippen molar-refractivity contribution >= 4 is 33.6 Å². The normalized spacial score (nSPS) is 16.3. The quantitative estimate of drug-likeness (QED) is 0.379. The van der Waals surface area contributed by atoms with E-state index in [0.29, 0.717) is 45.4 Å². The van der Waals surface area contributed by atoms with Gasteiger partial charge in [0.25, 0.3) is 0 Å². The van der Waals surface area contributed by atoms with E-state index in [4.69, 9.17) is 15.2 Å². The van der Waals surface area contributed by atoms with E-state index in [2.05, 4.69) is 16.2 Å². The number of esters is 1. The second kappa shape index (κ2) is 8.85. The molecule has 4 aromatic rings. The number of carbonyl (C=O) groups excluding carboxylic acids is 1. The van der Waals surface area contributed by atoms with Crippen molar-refractivity contribution in [1.82, 2.24) is 19.3 Å². The maximum absolute atomic E-state index is 15.5. The number of nitriles is 1. The number of anilines is 1. The van der Waals surface area contributed by atoms with Crippen molar-refractivity contribution in [3.05, 3.63) is 46.7 Å². The first-order chi connectivity index (χ1) is 17.5. The van der Waals surface area contributed by atoms with Gasteiger partial charge >= 0.3 is 5.97 Å². The molecule has 1 aliphatic heterocycles. The van der Waals surface area contributed by atoms with Crippen molar-refractivity contribution in [3.63, 3.8) is 0 Å².